The second-order valence-corrected chi connectivity index (χ2v) is 5.94. The second kappa shape index (κ2) is 7.53. The molecule has 1 aliphatic rings. The molecule has 1 aromatic heterocycles. The Hall–Kier alpha value is -2.28. The van der Waals surface area contributed by atoms with Gasteiger partial charge in [0.05, 0.1) is 23.6 Å². The molecule has 0 spiro atoms. The van der Waals surface area contributed by atoms with Gasteiger partial charge in [-0.05, 0) is 44.1 Å². The van der Waals surface area contributed by atoms with Crippen molar-refractivity contribution in [1.29, 1.82) is 0 Å². The molecule has 126 valence electrons. The summed E-state index contributed by atoms with van der Waals surface area (Å²) in [5.41, 5.74) is 1.57. The number of benzene rings is 1. The number of carbonyl (C=O) groups is 1. The van der Waals surface area contributed by atoms with E-state index in [0.717, 1.165) is 23.9 Å². The molecule has 0 atom stereocenters. The molecular weight excluding hydrogens is 326 g/mol. The van der Waals surface area contributed by atoms with Crippen molar-refractivity contribution in [3.63, 3.8) is 0 Å². The number of piperidine rings is 1. The Morgan fingerprint density at radius 1 is 1.25 bits per heavy atom. The van der Waals surface area contributed by atoms with Gasteiger partial charge in [-0.25, -0.2) is 0 Å². The maximum Gasteiger partial charge on any atom is 0.309 e. The highest BCUT2D eigenvalue weighted by Gasteiger charge is 2.27. The fourth-order valence-corrected chi connectivity index (χ4v) is 3.01. The monoisotopic (exact) mass is 345 g/mol. The minimum absolute atomic E-state index is 0.0417. The number of rotatable bonds is 3. The van der Waals surface area contributed by atoms with Crippen LogP contribution in [-0.2, 0) is 9.53 Å². The third-order valence-electron chi connectivity index (χ3n) is 4.02. The SMILES string of the molecule is CCOC(=O)C1CCN(C(=S)Oc2ccc3nccnc3c2)CC1. The molecule has 24 heavy (non-hydrogen) atoms. The van der Waals surface area contributed by atoms with E-state index in [4.69, 9.17) is 21.7 Å². The third kappa shape index (κ3) is 3.79. The molecule has 3 rings (SSSR count). The van der Waals surface area contributed by atoms with E-state index in [1.807, 2.05) is 30.0 Å². The number of carbonyl (C=O) groups excluding carboxylic acids is 1. The lowest BCUT2D eigenvalue weighted by Gasteiger charge is -2.31. The number of ether oxygens (including phenoxy) is 2. The largest absolute Gasteiger partial charge is 0.466 e. The zero-order valence-electron chi connectivity index (χ0n) is 13.5. The first-order valence-corrected chi connectivity index (χ1v) is 8.42. The molecule has 1 saturated heterocycles. The van der Waals surface area contributed by atoms with Crippen LogP contribution in [0.1, 0.15) is 19.8 Å². The van der Waals surface area contributed by atoms with Gasteiger partial charge in [0.2, 0.25) is 0 Å². The first-order valence-electron chi connectivity index (χ1n) is 8.01. The van der Waals surface area contributed by atoms with Crippen LogP contribution in [-0.4, -0.2) is 45.7 Å². The van der Waals surface area contributed by atoms with Gasteiger partial charge in [-0.15, -0.1) is 0 Å². The Morgan fingerprint density at radius 2 is 1.96 bits per heavy atom. The van der Waals surface area contributed by atoms with Crippen LogP contribution in [0.5, 0.6) is 5.75 Å². The predicted molar refractivity (Wildman–Crippen MR) is 93.7 cm³/mol. The Bertz CT molecular complexity index is 745. The Morgan fingerprint density at radius 3 is 2.67 bits per heavy atom. The smallest absolute Gasteiger partial charge is 0.309 e. The number of esters is 1. The van der Waals surface area contributed by atoms with E-state index in [2.05, 4.69) is 9.97 Å². The number of hydrogen-bond acceptors (Lipinski definition) is 6. The summed E-state index contributed by atoms with van der Waals surface area (Å²) in [5, 5.41) is 0.417. The molecule has 0 aliphatic carbocycles. The van der Waals surface area contributed by atoms with E-state index < -0.39 is 0 Å². The lowest BCUT2D eigenvalue weighted by atomic mass is 9.97. The fourth-order valence-electron chi connectivity index (χ4n) is 2.73. The molecule has 1 aliphatic heterocycles. The van der Waals surface area contributed by atoms with Crippen molar-refractivity contribution >= 4 is 34.4 Å². The van der Waals surface area contributed by atoms with E-state index >= 15 is 0 Å². The van der Waals surface area contributed by atoms with Crippen molar-refractivity contribution < 1.29 is 14.3 Å². The van der Waals surface area contributed by atoms with Gasteiger partial charge in [-0.1, -0.05) is 0 Å². The highest BCUT2D eigenvalue weighted by Crippen LogP contribution is 2.22. The molecule has 2 aromatic rings. The van der Waals surface area contributed by atoms with Crippen LogP contribution in [0, 0.1) is 5.92 Å². The quantitative estimate of drug-likeness (QED) is 0.626. The van der Waals surface area contributed by atoms with E-state index in [1.54, 1.807) is 12.4 Å². The topological polar surface area (TPSA) is 64.5 Å². The number of nitrogens with zero attached hydrogens (tertiary/aromatic N) is 3. The molecule has 1 fully saturated rings. The molecule has 0 bridgehead atoms. The minimum Gasteiger partial charge on any atom is -0.466 e. The van der Waals surface area contributed by atoms with Gasteiger partial charge < -0.3 is 14.4 Å². The zero-order valence-corrected chi connectivity index (χ0v) is 14.3. The summed E-state index contributed by atoms with van der Waals surface area (Å²) in [6.07, 6.45) is 4.75. The normalized spacial score (nSPS) is 15.3. The van der Waals surface area contributed by atoms with Crippen LogP contribution in [0.15, 0.2) is 30.6 Å². The average Bonchev–Trinajstić information content (AvgIpc) is 2.62. The minimum atomic E-state index is -0.114. The van der Waals surface area contributed by atoms with Crippen molar-refractivity contribution in [2.45, 2.75) is 19.8 Å². The van der Waals surface area contributed by atoms with E-state index in [9.17, 15) is 4.79 Å². The second-order valence-electron chi connectivity index (χ2n) is 5.59. The summed E-state index contributed by atoms with van der Waals surface area (Å²) >= 11 is 5.39. The van der Waals surface area contributed by atoms with Crippen molar-refractivity contribution in [1.82, 2.24) is 14.9 Å². The number of likely N-dealkylation sites (tertiary alicyclic amines) is 1. The standard InChI is InChI=1S/C17H19N3O3S/c1-2-22-16(21)12-5-9-20(10-6-12)17(24)23-13-3-4-14-15(11-13)19-8-7-18-14/h3-4,7-8,11-12H,2,5-6,9-10H2,1H3. The van der Waals surface area contributed by atoms with E-state index in [-0.39, 0.29) is 11.9 Å². The number of aromatic nitrogens is 2. The van der Waals surface area contributed by atoms with E-state index in [0.29, 0.717) is 30.6 Å². The van der Waals surface area contributed by atoms with Crippen LogP contribution in [0.2, 0.25) is 0 Å². The van der Waals surface area contributed by atoms with Crippen molar-refractivity contribution in [3.05, 3.63) is 30.6 Å². The molecule has 1 aromatic carbocycles. The Kier molecular flexibility index (Phi) is 5.20. The first-order chi connectivity index (χ1) is 11.7. The average molecular weight is 345 g/mol. The molecule has 7 heteroatoms. The summed E-state index contributed by atoms with van der Waals surface area (Å²) in [6.45, 7) is 3.63. The van der Waals surface area contributed by atoms with Crippen LogP contribution >= 0.6 is 12.2 Å². The lowest BCUT2D eigenvalue weighted by molar-refractivity contribution is -0.149. The summed E-state index contributed by atoms with van der Waals surface area (Å²) < 4.78 is 10.9. The summed E-state index contributed by atoms with van der Waals surface area (Å²) in [5.74, 6) is 0.484. The summed E-state index contributed by atoms with van der Waals surface area (Å²) in [7, 11) is 0. The van der Waals surface area contributed by atoms with Crippen molar-refractivity contribution in [2.24, 2.45) is 5.92 Å². The van der Waals surface area contributed by atoms with Gasteiger partial charge in [-0.2, -0.15) is 0 Å². The van der Waals surface area contributed by atoms with Gasteiger partial charge in [0.1, 0.15) is 5.75 Å². The summed E-state index contributed by atoms with van der Waals surface area (Å²) in [6, 6.07) is 5.50. The van der Waals surface area contributed by atoms with Crippen LogP contribution in [0.25, 0.3) is 11.0 Å². The van der Waals surface area contributed by atoms with Crippen molar-refractivity contribution in [3.8, 4) is 5.75 Å². The number of hydrogen-bond donors (Lipinski definition) is 0. The molecule has 0 N–H and O–H groups in total. The van der Waals surface area contributed by atoms with Crippen molar-refractivity contribution in [2.75, 3.05) is 19.7 Å². The van der Waals surface area contributed by atoms with Gasteiger partial charge in [0.15, 0.2) is 0 Å². The van der Waals surface area contributed by atoms with Crippen LogP contribution in [0.4, 0.5) is 0 Å². The molecule has 0 amide bonds. The zero-order chi connectivity index (χ0) is 16.9. The Labute approximate surface area is 145 Å². The van der Waals surface area contributed by atoms with Gasteiger partial charge in [0, 0.05) is 31.5 Å². The lowest BCUT2D eigenvalue weighted by Crippen LogP contribution is -2.41. The maximum absolute atomic E-state index is 11.8. The first kappa shape index (κ1) is 16.6. The predicted octanol–water partition coefficient (Wildman–Crippen LogP) is 2.57. The molecule has 0 radical (unpaired) electrons. The van der Waals surface area contributed by atoms with Gasteiger partial charge in [0.25, 0.3) is 5.17 Å². The highest BCUT2D eigenvalue weighted by molar-refractivity contribution is 7.80. The molecule has 6 nitrogen and oxygen atoms in total. The number of fused-ring (bicyclic) bond motifs is 1. The molecule has 2 heterocycles. The van der Waals surface area contributed by atoms with E-state index in [1.165, 1.54) is 0 Å². The van der Waals surface area contributed by atoms with Gasteiger partial charge in [-0.3, -0.25) is 14.8 Å². The number of thiocarbonyl (C=S) groups is 1. The highest BCUT2D eigenvalue weighted by atomic mass is 32.1. The van der Waals surface area contributed by atoms with Crippen LogP contribution < -0.4 is 4.74 Å². The molecular formula is C17H19N3O3S. The van der Waals surface area contributed by atoms with Crippen LogP contribution in [0.3, 0.4) is 0 Å². The summed E-state index contributed by atoms with van der Waals surface area (Å²) in [4.78, 5) is 22.2. The fraction of sp³-hybridized carbons (Fsp3) is 0.412. The molecule has 0 unspecified atom stereocenters. The van der Waals surface area contributed by atoms with Gasteiger partial charge >= 0.3 is 5.97 Å². The Balaban J connectivity index is 1.58. The molecule has 0 saturated carbocycles. The maximum atomic E-state index is 11.8. The third-order valence-corrected chi connectivity index (χ3v) is 4.36.